The van der Waals surface area contributed by atoms with Gasteiger partial charge in [-0.15, -0.1) is 0 Å². The number of ether oxygens (including phenoxy) is 1. The van der Waals surface area contributed by atoms with Crippen LogP contribution in [-0.2, 0) is 15.1 Å². The number of likely N-dealkylation sites (N-methyl/N-ethyl adjacent to an activating group) is 1. The number of nitrogens with zero attached hydrogens (tertiary/aromatic N) is 1. The van der Waals surface area contributed by atoms with Crippen LogP contribution in [0.2, 0.25) is 0 Å². The maximum atomic E-state index is 12.9. The van der Waals surface area contributed by atoms with Gasteiger partial charge in [-0.2, -0.15) is 0 Å². The van der Waals surface area contributed by atoms with E-state index >= 15 is 0 Å². The summed E-state index contributed by atoms with van der Waals surface area (Å²) in [5, 5.41) is 11.3. The first kappa shape index (κ1) is 16.2. The molecule has 124 valence electrons. The van der Waals surface area contributed by atoms with Gasteiger partial charge in [0.1, 0.15) is 6.54 Å². The first-order chi connectivity index (χ1) is 10.9. The molecule has 2 atom stereocenters. The van der Waals surface area contributed by atoms with E-state index in [-0.39, 0.29) is 12.0 Å². The van der Waals surface area contributed by atoms with Crippen LogP contribution in [0.25, 0.3) is 0 Å². The molecule has 1 N–H and O–H groups in total. The van der Waals surface area contributed by atoms with Crippen LogP contribution in [0, 0.1) is 5.92 Å². The first-order valence-corrected chi connectivity index (χ1v) is 8.38. The van der Waals surface area contributed by atoms with Gasteiger partial charge in [-0.3, -0.25) is 0 Å². The van der Waals surface area contributed by atoms with Crippen LogP contribution in [-0.4, -0.2) is 48.8 Å². The third-order valence-electron chi connectivity index (χ3n) is 5.15. The second-order valence-electron chi connectivity index (χ2n) is 7.43. The lowest BCUT2D eigenvalue weighted by Gasteiger charge is -2.33. The molecule has 0 bridgehead atoms. The Balaban J connectivity index is 1.82. The molecule has 1 heterocycles. The maximum absolute atomic E-state index is 12.9. The number of esters is 1. The summed E-state index contributed by atoms with van der Waals surface area (Å²) in [6, 6.07) is 9.22. The number of hydrogen-bond acceptors (Lipinski definition) is 3. The van der Waals surface area contributed by atoms with E-state index < -0.39 is 11.6 Å². The number of carbonyl (C=O) groups excluding carboxylic acids is 1. The molecule has 3 rings (SSSR count). The molecule has 1 saturated heterocycles. The highest BCUT2D eigenvalue weighted by atomic mass is 16.6. The summed E-state index contributed by atoms with van der Waals surface area (Å²) in [5.74, 6) is -0.648. The van der Waals surface area contributed by atoms with Gasteiger partial charge in [-0.1, -0.05) is 42.5 Å². The molecule has 1 fully saturated rings. The largest absolute Gasteiger partial charge is 0.454 e. The van der Waals surface area contributed by atoms with Crippen molar-refractivity contribution < 1.29 is 19.1 Å². The molecule has 4 heteroatoms. The van der Waals surface area contributed by atoms with E-state index in [2.05, 4.69) is 14.1 Å². The van der Waals surface area contributed by atoms with Gasteiger partial charge in [-0.05, 0) is 18.4 Å². The summed E-state index contributed by atoms with van der Waals surface area (Å²) in [4.78, 5) is 12.9. The molecule has 1 aromatic carbocycles. The lowest BCUT2D eigenvalue weighted by molar-refractivity contribution is -0.879. The van der Waals surface area contributed by atoms with E-state index in [1.54, 1.807) is 0 Å². The Hall–Kier alpha value is -1.65. The van der Waals surface area contributed by atoms with Crippen LogP contribution in [0.15, 0.2) is 42.5 Å². The molecule has 0 aromatic heterocycles. The van der Waals surface area contributed by atoms with Gasteiger partial charge in [0, 0.05) is 12.3 Å². The van der Waals surface area contributed by atoms with Gasteiger partial charge in [0.2, 0.25) is 0 Å². The number of benzene rings is 1. The van der Waals surface area contributed by atoms with Crippen molar-refractivity contribution in [1.82, 2.24) is 0 Å². The van der Waals surface area contributed by atoms with Crippen molar-refractivity contribution in [3.63, 3.8) is 0 Å². The van der Waals surface area contributed by atoms with Crippen molar-refractivity contribution in [1.29, 1.82) is 0 Å². The van der Waals surface area contributed by atoms with Crippen molar-refractivity contribution in [3.05, 3.63) is 48.0 Å². The number of quaternary nitrogens is 1. The van der Waals surface area contributed by atoms with Gasteiger partial charge in [0.05, 0.1) is 20.6 Å². The number of allylic oxidation sites excluding steroid dienone is 2. The minimum absolute atomic E-state index is 0.109. The van der Waals surface area contributed by atoms with Gasteiger partial charge >= 0.3 is 5.97 Å². The third kappa shape index (κ3) is 3.19. The Kier molecular flexibility index (Phi) is 4.30. The van der Waals surface area contributed by atoms with Crippen molar-refractivity contribution >= 4 is 5.97 Å². The van der Waals surface area contributed by atoms with Gasteiger partial charge in [0.15, 0.2) is 11.7 Å². The monoisotopic (exact) mass is 316 g/mol. The molecule has 0 amide bonds. The van der Waals surface area contributed by atoms with E-state index in [1.165, 1.54) is 0 Å². The van der Waals surface area contributed by atoms with E-state index in [4.69, 9.17) is 4.74 Å². The molecule has 1 aliphatic heterocycles. The highest BCUT2D eigenvalue weighted by Gasteiger charge is 2.48. The Morgan fingerprint density at radius 3 is 2.43 bits per heavy atom. The van der Waals surface area contributed by atoms with Crippen LogP contribution in [0.1, 0.15) is 24.8 Å². The van der Waals surface area contributed by atoms with Crippen LogP contribution in [0.3, 0.4) is 0 Å². The molecule has 0 saturated carbocycles. The molecule has 0 radical (unpaired) electrons. The lowest BCUT2D eigenvalue weighted by atomic mass is 9.79. The van der Waals surface area contributed by atoms with Crippen LogP contribution >= 0.6 is 0 Å². The van der Waals surface area contributed by atoms with E-state index in [9.17, 15) is 9.90 Å². The van der Waals surface area contributed by atoms with Crippen molar-refractivity contribution in [2.75, 3.05) is 27.2 Å². The predicted octanol–water partition coefficient (Wildman–Crippen LogP) is 2.23. The van der Waals surface area contributed by atoms with E-state index in [0.29, 0.717) is 18.4 Å². The maximum Gasteiger partial charge on any atom is 0.343 e. The van der Waals surface area contributed by atoms with Crippen LogP contribution < -0.4 is 0 Å². The van der Waals surface area contributed by atoms with E-state index in [0.717, 1.165) is 24.0 Å². The molecule has 1 aliphatic carbocycles. The molecule has 0 spiro atoms. The molecule has 23 heavy (non-hydrogen) atoms. The Morgan fingerprint density at radius 2 is 1.87 bits per heavy atom. The average Bonchev–Trinajstić information content (AvgIpc) is 3.17. The summed E-state index contributed by atoms with van der Waals surface area (Å²) >= 11 is 0. The van der Waals surface area contributed by atoms with Crippen molar-refractivity contribution in [2.24, 2.45) is 5.92 Å². The summed E-state index contributed by atoms with van der Waals surface area (Å²) in [6.07, 6.45) is 6.21. The Morgan fingerprint density at radius 1 is 1.22 bits per heavy atom. The van der Waals surface area contributed by atoms with Gasteiger partial charge in [-0.25, -0.2) is 4.79 Å². The van der Waals surface area contributed by atoms with Crippen molar-refractivity contribution in [3.8, 4) is 0 Å². The third-order valence-corrected chi connectivity index (χ3v) is 5.15. The van der Waals surface area contributed by atoms with Gasteiger partial charge in [0.25, 0.3) is 0 Å². The SMILES string of the molecule is C[N+]1(C)CCC(OC(=O)C(O)(c2ccccc2)C2CC=CC2)C1. The Bertz CT molecular complexity index is 588. The van der Waals surface area contributed by atoms with Crippen LogP contribution in [0.4, 0.5) is 0 Å². The highest BCUT2D eigenvalue weighted by Crippen LogP contribution is 2.39. The van der Waals surface area contributed by atoms with E-state index in [1.807, 2.05) is 42.5 Å². The highest BCUT2D eigenvalue weighted by molar-refractivity contribution is 5.82. The zero-order chi connectivity index (χ0) is 16.5. The summed E-state index contributed by atoms with van der Waals surface area (Å²) < 4.78 is 6.60. The zero-order valence-electron chi connectivity index (χ0n) is 13.9. The summed E-state index contributed by atoms with van der Waals surface area (Å²) in [6.45, 7) is 1.80. The molecule has 1 aromatic rings. The minimum Gasteiger partial charge on any atom is -0.454 e. The average molecular weight is 316 g/mol. The predicted molar refractivity (Wildman–Crippen MR) is 88.5 cm³/mol. The zero-order valence-corrected chi connectivity index (χ0v) is 13.9. The second kappa shape index (κ2) is 6.10. The fourth-order valence-corrected chi connectivity index (χ4v) is 3.74. The summed E-state index contributed by atoms with van der Waals surface area (Å²) in [5.41, 5.74) is -0.935. The smallest absolute Gasteiger partial charge is 0.343 e. The topological polar surface area (TPSA) is 46.5 Å². The number of aliphatic hydroxyl groups is 1. The first-order valence-electron chi connectivity index (χ1n) is 8.38. The number of hydrogen-bond donors (Lipinski definition) is 1. The molecular formula is C19H26NO3+. The quantitative estimate of drug-likeness (QED) is 0.526. The lowest BCUT2D eigenvalue weighted by Crippen LogP contribution is -2.46. The second-order valence-corrected chi connectivity index (χ2v) is 7.43. The number of rotatable bonds is 4. The molecule has 2 unspecified atom stereocenters. The summed E-state index contributed by atoms with van der Waals surface area (Å²) in [7, 11) is 4.27. The fraction of sp³-hybridized carbons (Fsp3) is 0.526. The molecule has 4 nitrogen and oxygen atoms in total. The molecule has 2 aliphatic rings. The number of likely N-dealkylation sites (tertiary alicyclic amines) is 1. The minimum atomic E-state index is -1.56. The van der Waals surface area contributed by atoms with Crippen molar-refractivity contribution in [2.45, 2.75) is 31.0 Å². The van der Waals surface area contributed by atoms with Gasteiger partial charge < -0.3 is 14.3 Å². The Labute approximate surface area is 138 Å². The normalized spacial score (nSPS) is 26.1. The number of carbonyl (C=O) groups is 1. The fourth-order valence-electron chi connectivity index (χ4n) is 3.74. The standard InChI is InChI=1S/C19H26NO3/c1-20(2)13-12-17(14-20)23-18(21)19(22,16-10-6-7-11-16)15-8-4-3-5-9-15/h3-9,16-17,22H,10-14H2,1-2H3/q+1. The molecular weight excluding hydrogens is 290 g/mol. The van der Waals surface area contributed by atoms with Crippen LogP contribution in [0.5, 0.6) is 0 Å².